The fourth-order valence-electron chi connectivity index (χ4n) is 4.21. The summed E-state index contributed by atoms with van der Waals surface area (Å²) in [7, 11) is 0. The highest BCUT2D eigenvalue weighted by Crippen LogP contribution is 2.48. The van der Waals surface area contributed by atoms with Crippen molar-refractivity contribution in [3.05, 3.63) is 108 Å². The van der Waals surface area contributed by atoms with Gasteiger partial charge in [-0.25, -0.2) is 4.79 Å². The van der Waals surface area contributed by atoms with E-state index in [1.807, 2.05) is 73.7 Å². The third-order valence-corrected chi connectivity index (χ3v) is 5.63. The molecule has 1 unspecified atom stereocenters. The molecule has 0 aromatic heterocycles. The number of hydrogen-bond acceptors (Lipinski definition) is 4. The number of ether oxygens (including phenoxy) is 2. The first kappa shape index (κ1) is 20.3. The maximum atomic E-state index is 12.9. The quantitative estimate of drug-likeness (QED) is 0.515. The average molecular weight is 402 g/mol. The van der Waals surface area contributed by atoms with Crippen molar-refractivity contribution in [1.29, 1.82) is 0 Å². The standard InChI is InChI=1S/C26H27NO3/c1-3-29-26(28)24-23(21-15-9-5-10-16-21)27(19(2)20-13-7-4-8-14-20)25(30-24)22-17-11-6-12-18-22/h4-19,23-25H,3H2,1-2H3/t19-,23+,24-,25?/m1/s1. The van der Waals surface area contributed by atoms with Crippen LogP contribution in [-0.4, -0.2) is 23.6 Å². The lowest BCUT2D eigenvalue weighted by molar-refractivity contribution is -0.156. The van der Waals surface area contributed by atoms with Crippen molar-refractivity contribution >= 4 is 5.97 Å². The summed E-state index contributed by atoms with van der Waals surface area (Å²) >= 11 is 0. The third kappa shape index (κ3) is 4.02. The smallest absolute Gasteiger partial charge is 0.337 e. The molecule has 1 heterocycles. The molecule has 154 valence electrons. The van der Waals surface area contributed by atoms with E-state index >= 15 is 0 Å². The number of carbonyl (C=O) groups is 1. The van der Waals surface area contributed by atoms with Crippen LogP contribution in [0.5, 0.6) is 0 Å². The highest BCUT2D eigenvalue weighted by Gasteiger charge is 2.49. The Kier molecular flexibility index (Phi) is 6.26. The first-order chi connectivity index (χ1) is 14.7. The minimum Gasteiger partial charge on any atom is -0.464 e. The Balaban J connectivity index is 1.82. The van der Waals surface area contributed by atoms with Crippen LogP contribution in [0.25, 0.3) is 0 Å². The van der Waals surface area contributed by atoms with E-state index in [9.17, 15) is 4.79 Å². The third-order valence-electron chi connectivity index (χ3n) is 5.63. The molecule has 4 nitrogen and oxygen atoms in total. The van der Waals surface area contributed by atoms with Gasteiger partial charge in [0.2, 0.25) is 0 Å². The predicted octanol–water partition coefficient (Wildman–Crippen LogP) is 5.45. The summed E-state index contributed by atoms with van der Waals surface area (Å²) in [5.74, 6) is -0.324. The minimum atomic E-state index is -0.705. The summed E-state index contributed by atoms with van der Waals surface area (Å²) in [6.07, 6.45) is -1.07. The van der Waals surface area contributed by atoms with Gasteiger partial charge in [0.25, 0.3) is 0 Å². The van der Waals surface area contributed by atoms with Gasteiger partial charge in [-0.2, -0.15) is 0 Å². The molecule has 1 aliphatic rings. The number of carbonyl (C=O) groups excluding carboxylic acids is 1. The van der Waals surface area contributed by atoms with Crippen molar-refractivity contribution in [2.24, 2.45) is 0 Å². The maximum absolute atomic E-state index is 12.9. The summed E-state index contributed by atoms with van der Waals surface area (Å²) in [5, 5.41) is 0. The topological polar surface area (TPSA) is 38.8 Å². The van der Waals surface area contributed by atoms with Gasteiger partial charge < -0.3 is 9.47 Å². The molecule has 1 aliphatic heterocycles. The van der Waals surface area contributed by atoms with Crippen LogP contribution in [0, 0.1) is 0 Å². The van der Waals surface area contributed by atoms with Gasteiger partial charge in [0.05, 0.1) is 12.6 Å². The van der Waals surface area contributed by atoms with Crippen molar-refractivity contribution in [3.8, 4) is 0 Å². The van der Waals surface area contributed by atoms with E-state index in [0.717, 1.165) is 11.1 Å². The number of benzene rings is 3. The van der Waals surface area contributed by atoms with Crippen LogP contribution in [-0.2, 0) is 14.3 Å². The molecule has 4 rings (SSSR count). The van der Waals surface area contributed by atoms with E-state index in [0.29, 0.717) is 6.61 Å². The Morgan fingerprint density at radius 1 is 0.900 bits per heavy atom. The van der Waals surface area contributed by atoms with Crippen molar-refractivity contribution in [2.45, 2.75) is 38.3 Å². The Bertz CT molecular complexity index is 946. The van der Waals surface area contributed by atoms with Crippen LogP contribution >= 0.6 is 0 Å². The first-order valence-electron chi connectivity index (χ1n) is 10.4. The monoisotopic (exact) mass is 401 g/mol. The van der Waals surface area contributed by atoms with Gasteiger partial charge in [0, 0.05) is 6.04 Å². The summed E-state index contributed by atoms with van der Waals surface area (Å²) in [6.45, 7) is 4.31. The van der Waals surface area contributed by atoms with Crippen LogP contribution < -0.4 is 0 Å². The van der Waals surface area contributed by atoms with Crippen LogP contribution in [0.2, 0.25) is 0 Å². The van der Waals surface area contributed by atoms with Crippen LogP contribution in [0.4, 0.5) is 0 Å². The number of hydrogen-bond donors (Lipinski definition) is 0. The van der Waals surface area contributed by atoms with Crippen LogP contribution in [0.15, 0.2) is 91.0 Å². The summed E-state index contributed by atoms with van der Waals surface area (Å²) in [6, 6.07) is 30.3. The Labute approximate surface area is 178 Å². The second-order valence-electron chi connectivity index (χ2n) is 7.46. The molecule has 0 N–H and O–H groups in total. The minimum absolute atomic E-state index is 0.0287. The average Bonchev–Trinajstić information content (AvgIpc) is 3.21. The number of nitrogens with zero attached hydrogens (tertiary/aromatic N) is 1. The molecule has 3 aromatic carbocycles. The van der Waals surface area contributed by atoms with Crippen molar-refractivity contribution < 1.29 is 14.3 Å². The fourth-order valence-corrected chi connectivity index (χ4v) is 4.21. The summed E-state index contributed by atoms with van der Waals surface area (Å²) < 4.78 is 11.8. The van der Waals surface area contributed by atoms with E-state index in [2.05, 4.69) is 36.1 Å². The van der Waals surface area contributed by atoms with E-state index < -0.39 is 6.10 Å². The molecular formula is C26H27NO3. The van der Waals surface area contributed by atoms with E-state index in [-0.39, 0.29) is 24.3 Å². The van der Waals surface area contributed by atoms with E-state index in [4.69, 9.17) is 9.47 Å². The zero-order chi connectivity index (χ0) is 20.9. The normalized spacial score (nSPS) is 22.5. The lowest BCUT2D eigenvalue weighted by Crippen LogP contribution is -2.35. The van der Waals surface area contributed by atoms with Crippen LogP contribution in [0.3, 0.4) is 0 Å². The van der Waals surface area contributed by atoms with Crippen molar-refractivity contribution in [3.63, 3.8) is 0 Å². The van der Waals surface area contributed by atoms with Gasteiger partial charge in [0.1, 0.15) is 6.23 Å². The molecule has 4 heteroatoms. The van der Waals surface area contributed by atoms with Crippen molar-refractivity contribution in [2.75, 3.05) is 6.61 Å². The van der Waals surface area contributed by atoms with Gasteiger partial charge in [0.15, 0.2) is 6.10 Å². The molecule has 0 aliphatic carbocycles. The molecule has 1 fully saturated rings. The van der Waals surface area contributed by atoms with Gasteiger partial charge >= 0.3 is 5.97 Å². The number of rotatable bonds is 6. The van der Waals surface area contributed by atoms with Gasteiger partial charge in [-0.1, -0.05) is 91.0 Å². The van der Waals surface area contributed by atoms with Gasteiger partial charge in [-0.05, 0) is 30.5 Å². The molecule has 1 saturated heterocycles. The Morgan fingerprint density at radius 3 is 2.00 bits per heavy atom. The predicted molar refractivity (Wildman–Crippen MR) is 117 cm³/mol. The molecule has 0 spiro atoms. The molecule has 0 saturated carbocycles. The second-order valence-corrected chi connectivity index (χ2v) is 7.46. The van der Waals surface area contributed by atoms with Gasteiger partial charge in [-0.15, -0.1) is 0 Å². The highest BCUT2D eigenvalue weighted by atomic mass is 16.6. The molecule has 3 aromatic rings. The highest BCUT2D eigenvalue weighted by molar-refractivity contribution is 5.76. The maximum Gasteiger partial charge on any atom is 0.337 e. The summed E-state index contributed by atoms with van der Waals surface area (Å²) in [5.41, 5.74) is 3.23. The molecule has 0 amide bonds. The fraction of sp³-hybridized carbons (Fsp3) is 0.269. The van der Waals surface area contributed by atoms with E-state index in [1.54, 1.807) is 0 Å². The Morgan fingerprint density at radius 2 is 1.43 bits per heavy atom. The lowest BCUT2D eigenvalue weighted by atomic mass is 9.96. The zero-order valence-electron chi connectivity index (χ0n) is 17.3. The van der Waals surface area contributed by atoms with E-state index in [1.165, 1.54) is 5.56 Å². The number of esters is 1. The first-order valence-corrected chi connectivity index (χ1v) is 10.4. The summed E-state index contributed by atoms with van der Waals surface area (Å²) in [4.78, 5) is 15.2. The molecule has 30 heavy (non-hydrogen) atoms. The lowest BCUT2D eigenvalue weighted by Gasteiger charge is -2.34. The van der Waals surface area contributed by atoms with Crippen molar-refractivity contribution in [1.82, 2.24) is 4.90 Å². The van der Waals surface area contributed by atoms with Gasteiger partial charge in [-0.3, -0.25) is 4.90 Å². The molecule has 4 atom stereocenters. The largest absolute Gasteiger partial charge is 0.464 e. The molecule has 0 bridgehead atoms. The molecule has 0 radical (unpaired) electrons. The molecular weight excluding hydrogens is 374 g/mol. The van der Waals surface area contributed by atoms with Crippen LogP contribution in [0.1, 0.15) is 48.8 Å². The Hall–Kier alpha value is -2.95. The SMILES string of the molecule is CCOC(=O)[C@@H]1OC(c2ccccc2)N([C@H](C)c2ccccc2)[C@H]1c1ccccc1. The zero-order valence-corrected chi connectivity index (χ0v) is 17.3. The second kappa shape index (κ2) is 9.24.